The van der Waals surface area contributed by atoms with Gasteiger partial charge < -0.3 is 5.11 Å². The number of hydrogen-bond donors (Lipinski definition) is 1. The molecule has 0 amide bonds. The van der Waals surface area contributed by atoms with Crippen molar-refractivity contribution < 1.29 is 22.3 Å². The molecule has 1 aromatic carbocycles. The summed E-state index contributed by atoms with van der Waals surface area (Å²) in [6.45, 7) is 0.0825. The minimum atomic E-state index is -4.04. The van der Waals surface area contributed by atoms with Gasteiger partial charge in [-0.25, -0.2) is 17.2 Å². The second-order valence-corrected chi connectivity index (χ2v) is 6.42. The molecule has 0 radical (unpaired) electrons. The average molecular weight is 291 g/mol. The van der Waals surface area contributed by atoms with Gasteiger partial charge in [-0.05, 0) is 30.5 Å². The van der Waals surface area contributed by atoms with E-state index in [1.54, 1.807) is 0 Å². The third-order valence-electron chi connectivity index (χ3n) is 3.17. The number of nitrogens with zero attached hydrogens (tertiary/aromatic N) is 1. The molecule has 0 bridgehead atoms. The fourth-order valence-electron chi connectivity index (χ4n) is 2.14. The normalized spacial score (nSPS) is 17.6. The van der Waals surface area contributed by atoms with Crippen LogP contribution in [0.25, 0.3) is 0 Å². The molecule has 19 heavy (non-hydrogen) atoms. The van der Waals surface area contributed by atoms with E-state index in [0.717, 1.165) is 22.9 Å². The molecule has 0 aromatic heterocycles. The minimum absolute atomic E-state index is 0.0366. The monoisotopic (exact) mass is 291 g/mol. The lowest BCUT2D eigenvalue weighted by atomic mass is 10.2. The largest absolute Gasteiger partial charge is 0.392 e. The minimum Gasteiger partial charge on any atom is -0.392 e. The van der Waals surface area contributed by atoms with Crippen molar-refractivity contribution in [2.24, 2.45) is 0 Å². The zero-order valence-electron chi connectivity index (χ0n) is 10.3. The predicted molar refractivity (Wildman–Crippen MR) is 64.9 cm³/mol. The van der Waals surface area contributed by atoms with Crippen LogP contribution in [0.2, 0.25) is 0 Å². The summed E-state index contributed by atoms with van der Waals surface area (Å²) in [5.41, 5.74) is 0.0366. The van der Waals surface area contributed by atoms with Crippen molar-refractivity contribution in [3.05, 3.63) is 29.3 Å². The Bertz CT molecular complexity index is 569. The maximum atomic E-state index is 13.7. The van der Waals surface area contributed by atoms with Crippen molar-refractivity contribution in [3.8, 4) is 0 Å². The molecule has 0 atom stereocenters. The molecule has 106 valence electrons. The lowest BCUT2D eigenvalue weighted by Gasteiger charge is -2.26. The zero-order chi connectivity index (χ0) is 14.0. The van der Waals surface area contributed by atoms with E-state index in [4.69, 9.17) is 5.11 Å². The van der Waals surface area contributed by atoms with E-state index in [-0.39, 0.29) is 5.56 Å². The van der Waals surface area contributed by atoms with Gasteiger partial charge in [-0.1, -0.05) is 6.42 Å². The lowest BCUT2D eigenvalue weighted by molar-refractivity contribution is 0.280. The summed E-state index contributed by atoms with van der Waals surface area (Å²) >= 11 is 0. The van der Waals surface area contributed by atoms with Crippen molar-refractivity contribution in [1.82, 2.24) is 4.31 Å². The lowest BCUT2D eigenvalue weighted by Crippen LogP contribution is -2.36. The molecule has 1 fully saturated rings. The number of halogens is 2. The molecule has 2 rings (SSSR count). The van der Waals surface area contributed by atoms with Gasteiger partial charge in [0, 0.05) is 13.1 Å². The smallest absolute Gasteiger partial charge is 0.246 e. The van der Waals surface area contributed by atoms with Crippen LogP contribution in [-0.4, -0.2) is 30.9 Å². The van der Waals surface area contributed by atoms with Crippen LogP contribution in [0.15, 0.2) is 17.0 Å². The Hall–Kier alpha value is -1.05. The summed E-state index contributed by atoms with van der Waals surface area (Å²) in [6, 6.07) is 1.78. The molecule has 7 heteroatoms. The number of aliphatic hydroxyl groups excluding tert-OH is 1. The number of sulfonamides is 1. The van der Waals surface area contributed by atoms with Gasteiger partial charge in [0.25, 0.3) is 0 Å². The van der Waals surface area contributed by atoms with Crippen molar-refractivity contribution in [2.45, 2.75) is 30.8 Å². The van der Waals surface area contributed by atoms with E-state index >= 15 is 0 Å². The van der Waals surface area contributed by atoms with E-state index in [0.29, 0.717) is 25.9 Å². The van der Waals surface area contributed by atoms with Gasteiger partial charge in [-0.3, -0.25) is 0 Å². The Balaban J connectivity index is 2.47. The molecule has 1 heterocycles. The van der Waals surface area contributed by atoms with E-state index in [1.807, 2.05) is 0 Å². The Morgan fingerprint density at radius 1 is 1.16 bits per heavy atom. The molecule has 4 nitrogen and oxygen atoms in total. The van der Waals surface area contributed by atoms with Crippen LogP contribution in [0.1, 0.15) is 24.8 Å². The summed E-state index contributed by atoms with van der Waals surface area (Å²) in [7, 11) is -4.04. The van der Waals surface area contributed by atoms with Crippen LogP contribution in [0.4, 0.5) is 8.78 Å². The third kappa shape index (κ3) is 2.77. The van der Waals surface area contributed by atoms with Gasteiger partial charge >= 0.3 is 0 Å². The molecule has 1 aliphatic rings. The van der Waals surface area contributed by atoms with Crippen molar-refractivity contribution in [2.75, 3.05) is 13.1 Å². The summed E-state index contributed by atoms with van der Waals surface area (Å²) in [4.78, 5) is -0.696. The summed E-state index contributed by atoms with van der Waals surface area (Å²) in [5, 5.41) is 8.96. The summed E-state index contributed by atoms with van der Waals surface area (Å²) in [6.07, 6.45) is 2.35. The summed E-state index contributed by atoms with van der Waals surface area (Å²) < 4.78 is 52.8. The maximum absolute atomic E-state index is 13.7. The highest BCUT2D eigenvalue weighted by atomic mass is 32.2. The molecule has 1 aliphatic heterocycles. The van der Waals surface area contributed by atoms with Gasteiger partial charge in [0.05, 0.1) is 6.61 Å². The summed E-state index contributed by atoms with van der Waals surface area (Å²) in [5.74, 6) is -2.65. The van der Waals surface area contributed by atoms with E-state index in [9.17, 15) is 17.2 Å². The predicted octanol–water partition coefficient (Wildman–Crippen LogP) is 1.63. The molecule has 0 spiro atoms. The van der Waals surface area contributed by atoms with Crippen LogP contribution in [0.5, 0.6) is 0 Å². The number of aliphatic hydroxyl groups is 1. The topological polar surface area (TPSA) is 57.6 Å². The average Bonchev–Trinajstić information content (AvgIpc) is 2.42. The van der Waals surface area contributed by atoms with Gasteiger partial charge in [-0.15, -0.1) is 0 Å². The van der Waals surface area contributed by atoms with E-state index in [1.165, 1.54) is 0 Å². The van der Waals surface area contributed by atoms with Crippen molar-refractivity contribution in [3.63, 3.8) is 0 Å². The van der Waals surface area contributed by atoms with Crippen LogP contribution in [0, 0.1) is 11.6 Å². The first-order valence-corrected chi connectivity index (χ1v) is 7.49. The Kier molecular flexibility index (Phi) is 4.17. The second kappa shape index (κ2) is 5.52. The molecular weight excluding hydrogens is 276 g/mol. The van der Waals surface area contributed by atoms with Crippen LogP contribution < -0.4 is 0 Å². The van der Waals surface area contributed by atoms with Gasteiger partial charge in [0.15, 0.2) is 11.6 Å². The Labute approximate surface area is 110 Å². The first kappa shape index (κ1) is 14.4. The maximum Gasteiger partial charge on any atom is 0.246 e. The third-order valence-corrected chi connectivity index (χ3v) is 5.07. The number of benzene rings is 1. The molecule has 0 saturated carbocycles. The Morgan fingerprint density at radius 2 is 1.79 bits per heavy atom. The van der Waals surface area contributed by atoms with Gasteiger partial charge in [0.2, 0.25) is 10.0 Å². The van der Waals surface area contributed by atoms with Crippen LogP contribution in [0.3, 0.4) is 0 Å². The quantitative estimate of drug-likeness (QED) is 0.921. The standard InChI is InChI=1S/C12H15F2NO3S/c13-10-6-9(8-16)7-11(12(10)14)19(17,18)15-4-2-1-3-5-15/h6-7,16H,1-5,8H2. The fourth-order valence-corrected chi connectivity index (χ4v) is 3.78. The van der Waals surface area contributed by atoms with Gasteiger partial charge in [-0.2, -0.15) is 4.31 Å². The molecule has 1 saturated heterocycles. The number of piperidine rings is 1. The zero-order valence-corrected chi connectivity index (χ0v) is 11.1. The highest BCUT2D eigenvalue weighted by Crippen LogP contribution is 2.25. The number of rotatable bonds is 3. The molecule has 0 aliphatic carbocycles. The van der Waals surface area contributed by atoms with Crippen molar-refractivity contribution >= 4 is 10.0 Å². The number of hydrogen-bond acceptors (Lipinski definition) is 3. The van der Waals surface area contributed by atoms with E-state index < -0.39 is 33.2 Å². The van der Waals surface area contributed by atoms with Gasteiger partial charge in [0.1, 0.15) is 4.90 Å². The highest BCUT2D eigenvalue weighted by Gasteiger charge is 2.30. The Morgan fingerprint density at radius 3 is 2.37 bits per heavy atom. The van der Waals surface area contributed by atoms with Crippen LogP contribution in [-0.2, 0) is 16.6 Å². The molecular formula is C12H15F2NO3S. The van der Waals surface area contributed by atoms with Crippen LogP contribution >= 0.6 is 0 Å². The first-order chi connectivity index (χ1) is 8.96. The second-order valence-electron chi connectivity index (χ2n) is 4.51. The molecule has 0 unspecified atom stereocenters. The molecule has 1 aromatic rings. The highest BCUT2D eigenvalue weighted by molar-refractivity contribution is 7.89. The van der Waals surface area contributed by atoms with E-state index in [2.05, 4.69) is 0 Å². The first-order valence-electron chi connectivity index (χ1n) is 6.05. The SMILES string of the molecule is O=S(=O)(c1cc(CO)cc(F)c1F)N1CCCCC1. The fraction of sp³-hybridized carbons (Fsp3) is 0.500. The molecule has 1 N–H and O–H groups in total. The van der Waals surface area contributed by atoms with Crippen molar-refractivity contribution in [1.29, 1.82) is 0 Å².